The molecule has 15 heavy (non-hydrogen) atoms. The monoisotopic (exact) mass is 201 g/mol. The second-order valence-corrected chi connectivity index (χ2v) is 3.73. The second-order valence-electron chi connectivity index (χ2n) is 3.73. The quantitative estimate of drug-likeness (QED) is 0.702. The molecule has 0 radical (unpaired) electrons. The van der Waals surface area contributed by atoms with E-state index in [-0.39, 0.29) is 5.92 Å². The van der Waals surface area contributed by atoms with Crippen LogP contribution in [0.15, 0.2) is 18.2 Å². The predicted octanol–water partition coefficient (Wildman–Crippen LogP) is 2.50. The Kier molecular flexibility index (Phi) is 4.05. The first-order valence-electron chi connectivity index (χ1n) is 5.19. The summed E-state index contributed by atoms with van der Waals surface area (Å²) in [6.45, 7) is 3.93. The van der Waals surface area contributed by atoms with E-state index in [4.69, 9.17) is 5.26 Å². The van der Waals surface area contributed by atoms with Gasteiger partial charge in [-0.3, -0.25) is 0 Å². The molecule has 2 nitrogen and oxygen atoms in total. The van der Waals surface area contributed by atoms with Crippen molar-refractivity contribution in [3.63, 3.8) is 0 Å². The summed E-state index contributed by atoms with van der Waals surface area (Å²) in [5.41, 5.74) is 2.93. The minimum atomic E-state index is 0.0178. The molecule has 0 fully saturated rings. The van der Waals surface area contributed by atoms with Gasteiger partial charge in [0.05, 0.1) is 11.6 Å². The van der Waals surface area contributed by atoms with Gasteiger partial charge in [0.1, 0.15) is 6.29 Å². The summed E-state index contributed by atoms with van der Waals surface area (Å²) in [6.07, 6.45) is 2.52. The van der Waals surface area contributed by atoms with E-state index in [9.17, 15) is 4.79 Å². The Labute approximate surface area is 90.5 Å². The van der Waals surface area contributed by atoms with E-state index in [1.165, 1.54) is 0 Å². The third-order valence-corrected chi connectivity index (χ3v) is 2.52. The van der Waals surface area contributed by atoms with Crippen LogP contribution in [0.1, 0.15) is 30.5 Å². The van der Waals surface area contributed by atoms with Gasteiger partial charge in [-0.05, 0) is 30.0 Å². The molecule has 0 saturated heterocycles. The van der Waals surface area contributed by atoms with Crippen molar-refractivity contribution in [3.05, 3.63) is 34.9 Å². The zero-order valence-corrected chi connectivity index (χ0v) is 9.16. The van der Waals surface area contributed by atoms with Gasteiger partial charge < -0.3 is 4.79 Å². The topological polar surface area (TPSA) is 40.9 Å². The van der Waals surface area contributed by atoms with Crippen LogP contribution >= 0.6 is 0 Å². The number of rotatable bonds is 4. The molecule has 0 aliphatic carbocycles. The Morgan fingerprint density at radius 3 is 2.80 bits per heavy atom. The van der Waals surface area contributed by atoms with Gasteiger partial charge in [-0.15, -0.1) is 0 Å². The molecule has 0 aliphatic rings. The van der Waals surface area contributed by atoms with Crippen molar-refractivity contribution in [3.8, 4) is 6.07 Å². The number of carbonyl (C=O) groups excluding carboxylic acids is 1. The normalized spacial score (nSPS) is 11.8. The summed E-state index contributed by atoms with van der Waals surface area (Å²) >= 11 is 0. The van der Waals surface area contributed by atoms with Crippen LogP contribution in [0.3, 0.4) is 0 Å². The minimum Gasteiger partial charge on any atom is -0.303 e. The third-order valence-electron chi connectivity index (χ3n) is 2.52. The average Bonchev–Trinajstić information content (AvgIpc) is 2.28. The molecule has 1 rings (SSSR count). The minimum absolute atomic E-state index is 0.0178. The van der Waals surface area contributed by atoms with Crippen LogP contribution < -0.4 is 0 Å². The molecular formula is C13H15NO. The highest BCUT2D eigenvalue weighted by atomic mass is 16.1. The number of carbonyl (C=O) groups is 1. The van der Waals surface area contributed by atoms with Crippen molar-refractivity contribution in [1.29, 1.82) is 5.26 Å². The first-order chi connectivity index (χ1) is 7.22. The van der Waals surface area contributed by atoms with E-state index in [0.29, 0.717) is 0 Å². The maximum atomic E-state index is 10.6. The smallest absolute Gasteiger partial charge is 0.123 e. The first kappa shape index (κ1) is 11.5. The Morgan fingerprint density at radius 2 is 2.27 bits per heavy atom. The zero-order valence-electron chi connectivity index (χ0n) is 9.16. The largest absolute Gasteiger partial charge is 0.303 e. The second kappa shape index (κ2) is 5.31. The van der Waals surface area contributed by atoms with Gasteiger partial charge in [-0.1, -0.05) is 26.0 Å². The summed E-state index contributed by atoms with van der Waals surface area (Å²) in [4.78, 5) is 10.6. The summed E-state index contributed by atoms with van der Waals surface area (Å²) in [5.74, 6) is 0.0178. The molecule has 0 bridgehead atoms. The lowest BCUT2D eigenvalue weighted by Gasteiger charge is -2.10. The van der Waals surface area contributed by atoms with E-state index in [0.717, 1.165) is 35.8 Å². The maximum Gasteiger partial charge on any atom is 0.123 e. The van der Waals surface area contributed by atoms with Crippen molar-refractivity contribution in [1.82, 2.24) is 0 Å². The van der Waals surface area contributed by atoms with Gasteiger partial charge in [0.25, 0.3) is 0 Å². The van der Waals surface area contributed by atoms with Crippen molar-refractivity contribution in [2.45, 2.75) is 26.7 Å². The van der Waals surface area contributed by atoms with E-state index < -0.39 is 0 Å². The molecule has 0 aliphatic heterocycles. The van der Waals surface area contributed by atoms with Crippen molar-refractivity contribution < 1.29 is 4.79 Å². The molecule has 0 N–H and O–H groups in total. The van der Waals surface area contributed by atoms with Crippen LogP contribution in [-0.4, -0.2) is 6.29 Å². The fourth-order valence-corrected chi connectivity index (χ4v) is 1.74. The van der Waals surface area contributed by atoms with Gasteiger partial charge >= 0.3 is 0 Å². The highest BCUT2D eigenvalue weighted by Crippen LogP contribution is 2.18. The summed E-state index contributed by atoms with van der Waals surface area (Å²) in [6, 6.07) is 7.90. The molecule has 0 saturated carbocycles. The molecule has 0 spiro atoms. The van der Waals surface area contributed by atoms with Crippen LogP contribution in [-0.2, 0) is 17.6 Å². The number of hydrogen-bond donors (Lipinski definition) is 0. The molecular weight excluding hydrogens is 186 g/mol. The van der Waals surface area contributed by atoms with Gasteiger partial charge in [-0.2, -0.15) is 5.26 Å². The number of nitriles is 1. The van der Waals surface area contributed by atoms with Crippen LogP contribution in [0.5, 0.6) is 0 Å². The van der Waals surface area contributed by atoms with Crippen LogP contribution in [0, 0.1) is 17.2 Å². The van der Waals surface area contributed by atoms with Gasteiger partial charge in [-0.25, -0.2) is 0 Å². The molecule has 2 heteroatoms. The average molecular weight is 201 g/mol. The lowest BCUT2D eigenvalue weighted by molar-refractivity contribution is -0.110. The molecule has 0 amide bonds. The van der Waals surface area contributed by atoms with E-state index in [2.05, 4.69) is 6.07 Å². The lowest BCUT2D eigenvalue weighted by Crippen LogP contribution is -2.04. The lowest BCUT2D eigenvalue weighted by atomic mass is 9.93. The molecule has 0 aromatic heterocycles. The Morgan fingerprint density at radius 1 is 1.53 bits per heavy atom. The standard InChI is InChI=1S/C13H15NO/c1-3-13-11(7-10(2)9-15)5-4-6-12(13)8-14/h4-6,9-10H,3,7H2,1-2H3. The maximum absolute atomic E-state index is 10.6. The van der Waals surface area contributed by atoms with Gasteiger partial charge in [0.15, 0.2) is 0 Å². The molecule has 1 aromatic carbocycles. The first-order valence-corrected chi connectivity index (χ1v) is 5.19. The van der Waals surface area contributed by atoms with Gasteiger partial charge in [0.2, 0.25) is 0 Å². The van der Waals surface area contributed by atoms with Crippen LogP contribution in [0.4, 0.5) is 0 Å². The molecule has 1 unspecified atom stereocenters. The Hall–Kier alpha value is -1.62. The molecule has 0 heterocycles. The predicted molar refractivity (Wildman–Crippen MR) is 59.5 cm³/mol. The number of hydrogen-bond acceptors (Lipinski definition) is 2. The van der Waals surface area contributed by atoms with Crippen LogP contribution in [0.2, 0.25) is 0 Å². The zero-order chi connectivity index (χ0) is 11.3. The number of benzene rings is 1. The third kappa shape index (κ3) is 2.66. The summed E-state index contributed by atoms with van der Waals surface area (Å²) in [5, 5.41) is 8.95. The van der Waals surface area contributed by atoms with Crippen molar-refractivity contribution in [2.24, 2.45) is 5.92 Å². The van der Waals surface area contributed by atoms with Crippen molar-refractivity contribution >= 4 is 6.29 Å². The summed E-state index contributed by atoms with van der Waals surface area (Å²) in [7, 11) is 0. The Balaban J connectivity index is 3.07. The van der Waals surface area contributed by atoms with E-state index >= 15 is 0 Å². The number of nitrogens with zero attached hydrogens (tertiary/aromatic N) is 1. The van der Waals surface area contributed by atoms with Crippen LogP contribution in [0.25, 0.3) is 0 Å². The fourth-order valence-electron chi connectivity index (χ4n) is 1.74. The fraction of sp³-hybridized carbons (Fsp3) is 0.385. The molecule has 78 valence electrons. The highest BCUT2D eigenvalue weighted by molar-refractivity contribution is 5.54. The summed E-state index contributed by atoms with van der Waals surface area (Å²) < 4.78 is 0. The van der Waals surface area contributed by atoms with Gasteiger partial charge in [0, 0.05) is 5.92 Å². The van der Waals surface area contributed by atoms with Crippen molar-refractivity contribution in [2.75, 3.05) is 0 Å². The molecule has 1 aromatic rings. The highest BCUT2D eigenvalue weighted by Gasteiger charge is 2.09. The van der Waals surface area contributed by atoms with E-state index in [1.807, 2.05) is 32.0 Å². The van der Waals surface area contributed by atoms with E-state index in [1.54, 1.807) is 0 Å². The number of aldehydes is 1. The molecule has 1 atom stereocenters. The Bertz CT molecular complexity index is 390. The SMILES string of the molecule is CCc1c(C#N)cccc1CC(C)C=O.